The van der Waals surface area contributed by atoms with Gasteiger partial charge in [-0.25, -0.2) is 13.1 Å². The third kappa shape index (κ3) is 8.54. The molecule has 148 valence electrons. The number of unbranched alkanes of at least 4 members (excludes halogenated alkanes) is 1. The zero-order valence-corrected chi connectivity index (χ0v) is 16.4. The van der Waals surface area contributed by atoms with Gasteiger partial charge >= 0.3 is 5.97 Å². The van der Waals surface area contributed by atoms with Crippen molar-refractivity contribution >= 4 is 22.1 Å². The van der Waals surface area contributed by atoms with E-state index >= 15 is 0 Å². The first kappa shape index (κ1) is 21.4. The van der Waals surface area contributed by atoms with Gasteiger partial charge in [0, 0.05) is 17.9 Å². The Bertz CT molecular complexity index is 741. The minimum atomic E-state index is -3.48. The zero-order valence-electron chi connectivity index (χ0n) is 15.6. The lowest BCUT2D eigenvalue weighted by Gasteiger charge is -2.31. The predicted octanol–water partition coefficient (Wildman–Crippen LogP) is 4.34. The fourth-order valence-electron chi connectivity index (χ4n) is 3.39. The molecule has 0 aromatic heterocycles. The van der Waals surface area contributed by atoms with Crippen LogP contribution < -0.4 is 4.72 Å². The van der Waals surface area contributed by atoms with Crippen LogP contribution in [0.3, 0.4) is 0 Å². The number of carbonyl (C=O) groups is 1. The summed E-state index contributed by atoms with van der Waals surface area (Å²) in [6.07, 6.45) is 12.1. The van der Waals surface area contributed by atoms with Gasteiger partial charge in [0.25, 0.3) is 0 Å². The molecule has 1 fully saturated rings. The second-order valence-electron chi connectivity index (χ2n) is 7.02. The van der Waals surface area contributed by atoms with Gasteiger partial charge in [-0.15, -0.1) is 0 Å². The van der Waals surface area contributed by atoms with Gasteiger partial charge in [0.1, 0.15) is 0 Å². The fraction of sp³-hybridized carbons (Fsp3) is 0.476. The van der Waals surface area contributed by atoms with Crippen LogP contribution in [0.25, 0.3) is 6.08 Å². The third-order valence-electron chi connectivity index (χ3n) is 4.83. The number of hydrogen-bond donors (Lipinski definition) is 2. The Balaban J connectivity index is 1.87. The average molecular weight is 392 g/mol. The monoisotopic (exact) mass is 391 g/mol. The fourth-order valence-corrected chi connectivity index (χ4v) is 4.53. The zero-order chi connectivity index (χ0) is 19.5. The van der Waals surface area contributed by atoms with E-state index in [4.69, 9.17) is 5.11 Å². The van der Waals surface area contributed by atoms with Gasteiger partial charge in [0.15, 0.2) is 0 Å². The van der Waals surface area contributed by atoms with E-state index in [-0.39, 0.29) is 18.4 Å². The lowest BCUT2D eigenvalue weighted by Crippen LogP contribution is -2.41. The minimum Gasteiger partial charge on any atom is -0.481 e. The molecular formula is C21H29NO4S. The number of carboxylic acids is 1. The van der Waals surface area contributed by atoms with Crippen molar-refractivity contribution in [1.29, 1.82) is 0 Å². The molecule has 1 aliphatic carbocycles. The Morgan fingerprint density at radius 3 is 2.63 bits per heavy atom. The third-order valence-corrected chi connectivity index (χ3v) is 5.96. The van der Waals surface area contributed by atoms with Gasteiger partial charge < -0.3 is 5.11 Å². The van der Waals surface area contributed by atoms with Crippen molar-refractivity contribution in [1.82, 2.24) is 4.72 Å². The normalized spacial score (nSPS) is 21.0. The quantitative estimate of drug-likeness (QED) is 0.459. The Labute approximate surface area is 162 Å². The highest BCUT2D eigenvalue weighted by atomic mass is 32.2. The maximum absolute atomic E-state index is 12.4. The summed E-state index contributed by atoms with van der Waals surface area (Å²) in [6, 6.07) is 9.33. The molecule has 1 aliphatic rings. The maximum Gasteiger partial charge on any atom is 0.303 e. The molecule has 1 saturated carbocycles. The number of aliphatic carboxylic acids is 1. The average Bonchev–Trinajstić information content (AvgIpc) is 2.64. The molecule has 2 rings (SSSR count). The van der Waals surface area contributed by atoms with Gasteiger partial charge in [-0.2, -0.15) is 0 Å². The van der Waals surface area contributed by atoms with Crippen molar-refractivity contribution in [2.75, 3.05) is 0 Å². The summed E-state index contributed by atoms with van der Waals surface area (Å²) in [4.78, 5) is 10.5. The summed E-state index contributed by atoms with van der Waals surface area (Å²) in [7, 11) is -3.48. The molecule has 1 unspecified atom stereocenters. The molecular weight excluding hydrogens is 362 g/mol. The topological polar surface area (TPSA) is 83.5 Å². The number of benzene rings is 1. The number of allylic oxidation sites excluding steroid dienone is 2. The molecule has 6 heteroatoms. The van der Waals surface area contributed by atoms with E-state index < -0.39 is 16.0 Å². The lowest BCUT2D eigenvalue weighted by molar-refractivity contribution is -0.137. The first-order valence-electron chi connectivity index (χ1n) is 9.58. The highest BCUT2D eigenvalue weighted by Crippen LogP contribution is 2.28. The van der Waals surface area contributed by atoms with E-state index in [1.165, 1.54) is 5.41 Å². The summed E-state index contributed by atoms with van der Waals surface area (Å²) in [5, 5.41) is 9.88. The standard InChI is InChI=1S/C21H29NO4S/c23-21(24)15-7-2-1-6-12-19-13-8-9-14-20(19)22-27(25,26)17-16-18-10-4-3-5-11-18/h1,3-6,10-11,16-17,19-20,22H,2,7-9,12-15H2,(H,23,24)/b6-1-,17-16+/t19-,20?/m0/s1. The minimum absolute atomic E-state index is 0.0483. The molecule has 27 heavy (non-hydrogen) atoms. The Kier molecular flexibility index (Phi) is 8.75. The predicted molar refractivity (Wildman–Crippen MR) is 109 cm³/mol. The number of hydrogen-bond acceptors (Lipinski definition) is 3. The summed E-state index contributed by atoms with van der Waals surface area (Å²) in [5.74, 6) is -0.483. The number of rotatable bonds is 10. The van der Waals surface area contributed by atoms with Crippen molar-refractivity contribution in [3.05, 3.63) is 53.5 Å². The van der Waals surface area contributed by atoms with Crippen LogP contribution in [0.5, 0.6) is 0 Å². The molecule has 2 N–H and O–H groups in total. The summed E-state index contributed by atoms with van der Waals surface area (Å²) in [5.41, 5.74) is 0.854. The molecule has 0 radical (unpaired) electrons. The van der Waals surface area contributed by atoms with Crippen molar-refractivity contribution < 1.29 is 18.3 Å². The van der Waals surface area contributed by atoms with E-state index in [1.807, 2.05) is 36.4 Å². The molecule has 1 aromatic carbocycles. The SMILES string of the molecule is O=C(O)CCC/C=C\C[C@H]1CCCCC1NS(=O)(=O)/C=C/c1ccccc1. The number of sulfonamides is 1. The van der Waals surface area contributed by atoms with Crippen molar-refractivity contribution in [2.45, 2.75) is 57.4 Å². The molecule has 0 amide bonds. The second kappa shape index (κ2) is 11.0. The van der Waals surface area contributed by atoms with Gasteiger partial charge in [0.05, 0.1) is 0 Å². The van der Waals surface area contributed by atoms with Crippen LogP contribution >= 0.6 is 0 Å². The molecule has 2 atom stereocenters. The van der Waals surface area contributed by atoms with Crippen LogP contribution in [0.15, 0.2) is 47.9 Å². The molecule has 0 saturated heterocycles. The van der Waals surface area contributed by atoms with E-state index in [9.17, 15) is 13.2 Å². The second-order valence-corrected chi connectivity index (χ2v) is 8.62. The Morgan fingerprint density at radius 1 is 1.15 bits per heavy atom. The Morgan fingerprint density at radius 2 is 1.89 bits per heavy atom. The largest absolute Gasteiger partial charge is 0.481 e. The molecule has 1 aromatic rings. The van der Waals surface area contributed by atoms with E-state index in [0.717, 1.165) is 44.1 Å². The van der Waals surface area contributed by atoms with Crippen LogP contribution in [-0.4, -0.2) is 25.5 Å². The number of carboxylic acid groups (broad SMARTS) is 1. The molecule has 0 aliphatic heterocycles. The van der Waals surface area contributed by atoms with Crippen LogP contribution in [0.1, 0.15) is 56.9 Å². The van der Waals surface area contributed by atoms with Gasteiger partial charge in [0.2, 0.25) is 10.0 Å². The molecule has 0 heterocycles. The van der Waals surface area contributed by atoms with E-state index in [1.54, 1.807) is 6.08 Å². The molecule has 5 nitrogen and oxygen atoms in total. The van der Waals surface area contributed by atoms with Crippen molar-refractivity contribution in [3.63, 3.8) is 0 Å². The van der Waals surface area contributed by atoms with Gasteiger partial charge in [-0.1, -0.05) is 55.3 Å². The van der Waals surface area contributed by atoms with Crippen molar-refractivity contribution in [3.8, 4) is 0 Å². The van der Waals surface area contributed by atoms with Crippen LogP contribution in [-0.2, 0) is 14.8 Å². The first-order chi connectivity index (χ1) is 13.0. The Hall–Kier alpha value is -1.92. The van der Waals surface area contributed by atoms with Gasteiger partial charge in [-0.3, -0.25) is 4.79 Å². The van der Waals surface area contributed by atoms with Crippen molar-refractivity contribution in [2.24, 2.45) is 5.92 Å². The van der Waals surface area contributed by atoms with E-state index in [0.29, 0.717) is 6.42 Å². The summed E-state index contributed by atoms with van der Waals surface area (Å²) in [6.45, 7) is 0. The van der Waals surface area contributed by atoms with E-state index in [2.05, 4.69) is 10.8 Å². The number of nitrogens with one attached hydrogen (secondary N) is 1. The summed E-state index contributed by atoms with van der Waals surface area (Å²) < 4.78 is 27.7. The summed E-state index contributed by atoms with van der Waals surface area (Å²) >= 11 is 0. The van der Waals surface area contributed by atoms with Crippen LogP contribution in [0, 0.1) is 5.92 Å². The molecule has 0 bridgehead atoms. The van der Waals surface area contributed by atoms with Crippen LogP contribution in [0.2, 0.25) is 0 Å². The highest BCUT2D eigenvalue weighted by molar-refractivity contribution is 7.92. The maximum atomic E-state index is 12.4. The molecule has 0 spiro atoms. The first-order valence-corrected chi connectivity index (χ1v) is 11.1. The smallest absolute Gasteiger partial charge is 0.303 e. The van der Waals surface area contributed by atoms with Crippen LogP contribution in [0.4, 0.5) is 0 Å². The lowest BCUT2D eigenvalue weighted by atomic mass is 9.83. The highest BCUT2D eigenvalue weighted by Gasteiger charge is 2.27. The van der Waals surface area contributed by atoms with Gasteiger partial charge in [-0.05, 0) is 49.7 Å².